The second kappa shape index (κ2) is 6.35. The molecule has 0 unspecified atom stereocenters. The van der Waals surface area contributed by atoms with Crippen LogP contribution in [0, 0.1) is 0 Å². The van der Waals surface area contributed by atoms with Gasteiger partial charge in [-0.15, -0.1) is 0 Å². The van der Waals surface area contributed by atoms with Crippen molar-refractivity contribution in [2.24, 2.45) is 0 Å². The van der Waals surface area contributed by atoms with Gasteiger partial charge in [0.1, 0.15) is 0 Å². The maximum absolute atomic E-state index is 11.6. The van der Waals surface area contributed by atoms with Crippen molar-refractivity contribution in [3.8, 4) is 0 Å². The monoisotopic (exact) mass is 210 g/mol. The van der Waals surface area contributed by atoms with Gasteiger partial charge in [0.05, 0.1) is 11.8 Å². The predicted octanol–water partition coefficient (Wildman–Crippen LogP) is 1.90. The fourth-order valence-corrected chi connectivity index (χ4v) is 1.38. The summed E-state index contributed by atoms with van der Waals surface area (Å²) in [6, 6.07) is 0. The summed E-state index contributed by atoms with van der Waals surface area (Å²) in [6.07, 6.45) is 5.79. The smallest absolute Gasteiger partial charge is 0.166 e. The van der Waals surface area contributed by atoms with Gasteiger partial charge < -0.3 is 4.74 Å². The first-order valence-electron chi connectivity index (χ1n) is 5.32. The summed E-state index contributed by atoms with van der Waals surface area (Å²) in [5.74, 6) is 0.148. The van der Waals surface area contributed by atoms with Crippen molar-refractivity contribution < 1.29 is 9.53 Å². The molecule has 0 fully saturated rings. The molecule has 1 aromatic rings. The predicted molar refractivity (Wildman–Crippen MR) is 58.0 cm³/mol. The summed E-state index contributed by atoms with van der Waals surface area (Å²) < 4.78 is 6.71. The Hall–Kier alpha value is -1.16. The Balaban J connectivity index is 2.43. The zero-order valence-electron chi connectivity index (χ0n) is 9.40. The highest BCUT2D eigenvalue weighted by molar-refractivity contribution is 5.95. The molecule has 0 amide bonds. The minimum absolute atomic E-state index is 0.148. The fourth-order valence-electron chi connectivity index (χ4n) is 1.38. The lowest BCUT2D eigenvalue weighted by atomic mass is 10.1. The van der Waals surface area contributed by atoms with Crippen molar-refractivity contribution in [3.63, 3.8) is 0 Å². The molecular weight excluding hydrogens is 192 g/mol. The van der Waals surface area contributed by atoms with Crippen LogP contribution in [0.5, 0.6) is 0 Å². The molecule has 0 atom stereocenters. The third-order valence-corrected chi connectivity index (χ3v) is 2.16. The quantitative estimate of drug-likeness (QED) is 0.510. The highest BCUT2D eigenvalue weighted by atomic mass is 16.5. The zero-order valence-corrected chi connectivity index (χ0v) is 9.40. The molecule has 4 heteroatoms. The number of aromatic nitrogens is 2. The number of Topliss-reactive ketones (excluding diaryl/α,β-unsaturated/α-hetero) is 1. The largest absolute Gasteiger partial charge is 0.385 e. The minimum Gasteiger partial charge on any atom is -0.385 e. The Morgan fingerprint density at radius 2 is 2.40 bits per heavy atom. The second-order valence-corrected chi connectivity index (χ2v) is 3.51. The van der Waals surface area contributed by atoms with E-state index in [1.807, 2.05) is 10.9 Å². The maximum atomic E-state index is 11.6. The van der Waals surface area contributed by atoms with E-state index in [1.54, 1.807) is 13.3 Å². The normalized spacial score (nSPS) is 10.5. The van der Waals surface area contributed by atoms with E-state index in [9.17, 15) is 4.79 Å². The minimum atomic E-state index is 0.148. The van der Waals surface area contributed by atoms with Gasteiger partial charge in [0.15, 0.2) is 5.78 Å². The molecular formula is C11H18N2O2. The third kappa shape index (κ3) is 3.83. The molecule has 0 aromatic carbocycles. The third-order valence-electron chi connectivity index (χ3n) is 2.16. The van der Waals surface area contributed by atoms with Gasteiger partial charge in [-0.1, -0.05) is 6.92 Å². The number of hydrogen-bond donors (Lipinski definition) is 0. The molecule has 0 bridgehead atoms. The lowest BCUT2D eigenvalue weighted by molar-refractivity contribution is 0.0963. The Morgan fingerprint density at radius 1 is 1.60 bits per heavy atom. The van der Waals surface area contributed by atoms with Crippen LogP contribution in [-0.4, -0.2) is 29.3 Å². The van der Waals surface area contributed by atoms with Gasteiger partial charge in [-0.05, 0) is 12.8 Å². The number of ketones is 1. The number of hydrogen-bond acceptors (Lipinski definition) is 3. The summed E-state index contributed by atoms with van der Waals surface area (Å²) in [6.45, 7) is 3.59. The van der Waals surface area contributed by atoms with Gasteiger partial charge in [0, 0.05) is 32.9 Å². The summed E-state index contributed by atoms with van der Waals surface area (Å²) >= 11 is 0. The highest BCUT2D eigenvalue weighted by Gasteiger charge is 2.07. The van der Waals surface area contributed by atoms with Crippen LogP contribution >= 0.6 is 0 Å². The first kappa shape index (κ1) is 11.9. The maximum Gasteiger partial charge on any atom is 0.166 e. The fraction of sp³-hybridized carbons (Fsp3) is 0.636. The van der Waals surface area contributed by atoms with Gasteiger partial charge in [0.25, 0.3) is 0 Å². The molecule has 1 rings (SSSR count). The van der Waals surface area contributed by atoms with Crippen LogP contribution in [0.3, 0.4) is 0 Å². The van der Waals surface area contributed by atoms with Crippen LogP contribution in [0.1, 0.15) is 36.5 Å². The molecule has 0 aliphatic carbocycles. The number of methoxy groups -OCH3 is 1. The topological polar surface area (TPSA) is 44.1 Å². The highest BCUT2D eigenvalue weighted by Crippen LogP contribution is 2.05. The van der Waals surface area contributed by atoms with Crippen molar-refractivity contribution in [1.29, 1.82) is 0 Å². The molecule has 0 spiro atoms. The molecule has 1 aromatic heterocycles. The molecule has 15 heavy (non-hydrogen) atoms. The summed E-state index contributed by atoms with van der Waals surface area (Å²) in [4.78, 5) is 11.6. The molecule has 1 heterocycles. The average Bonchev–Trinajstić information content (AvgIpc) is 2.67. The molecule has 84 valence electrons. The van der Waals surface area contributed by atoms with Gasteiger partial charge >= 0.3 is 0 Å². The molecule has 0 saturated heterocycles. The van der Waals surface area contributed by atoms with E-state index in [1.165, 1.54) is 0 Å². The van der Waals surface area contributed by atoms with Gasteiger partial charge in [0.2, 0.25) is 0 Å². The van der Waals surface area contributed by atoms with Crippen molar-refractivity contribution in [2.75, 3.05) is 13.7 Å². The van der Waals surface area contributed by atoms with Gasteiger partial charge in [-0.3, -0.25) is 9.48 Å². The molecule has 0 N–H and O–H groups in total. The number of carbonyl (C=O) groups is 1. The van der Waals surface area contributed by atoms with Crippen LogP contribution in [-0.2, 0) is 11.3 Å². The lowest BCUT2D eigenvalue weighted by Gasteiger charge is -1.97. The molecule has 0 radical (unpaired) electrons. The Labute approximate surface area is 90.2 Å². The van der Waals surface area contributed by atoms with Crippen LogP contribution in [0.2, 0.25) is 0 Å². The van der Waals surface area contributed by atoms with Crippen molar-refractivity contribution in [1.82, 2.24) is 9.78 Å². The Kier molecular flexibility index (Phi) is 5.04. The van der Waals surface area contributed by atoms with E-state index in [2.05, 4.69) is 12.0 Å². The second-order valence-electron chi connectivity index (χ2n) is 3.51. The van der Waals surface area contributed by atoms with Gasteiger partial charge in [-0.2, -0.15) is 5.10 Å². The SMILES string of the molecule is CCCn1cc(C(=O)CCCOC)cn1. The van der Waals surface area contributed by atoms with E-state index in [0.717, 1.165) is 19.4 Å². The first-order valence-corrected chi connectivity index (χ1v) is 5.32. The van der Waals surface area contributed by atoms with Crippen LogP contribution in [0.4, 0.5) is 0 Å². The molecule has 0 aliphatic rings. The van der Waals surface area contributed by atoms with E-state index in [4.69, 9.17) is 4.74 Å². The number of carbonyl (C=O) groups excluding carboxylic acids is 1. The zero-order chi connectivity index (χ0) is 11.1. The van der Waals surface area contributed by atoms with Crippen LogP contribution in [0.15, 0.2) is 12.4 Å². The first-order chi connectivity index (χ1) is 7.27. The molecule has 4 nitrogen and oxygen atoms in total. The number of nitrogens with zero attached hydrogens (tertiary/aromatic N) is 2. The van der Waals surface area contributed by atoms with Gasteiger partial charge in [-0.25, -0.2) is 0 Å². The standard InChI is InChI=1S/C11H18N2O2/c1-3-6-13-9-10(8-12-13)11(14)5-4-7-15-2/h8-9H,3-7H2,1-2H3. The van der Waals surface area contributed by atoms with Crippen molar-refractivity contribution in [3.05, 3.63) is 18.0 Å². The Morgan fingerprint density at radius 3 is 3.07 bits per heavy atom. The van der Waals surface area contributed by atoms with Crippen molar-refractivity contribution in [2.45, 2.75) is 32.7 Å². The average molecular weight is 210 g/mol. The van der Waals surface area contributed by atoms with E-state index < -0.39 is 0 Å². The van der Waals surface area contributed by atoms with Crippen molar-refractivity contribution >= 4 is 5.78 Å². The summed E-state index contributed by atoms with van der Waals surface area (Å²) in [5.41, 5.74) is 0.708. The number of aryl methyl sites for hydroxylation is 1. The summed E-state index contributed by atoms with van der Waals surface area (Å²) in [7, 11) is 1.64. The van der Waals surface area contributed by atoms with E-state index in [0.29, 0.717) is 18.6 Å². The van der Waals surface area contributed by atoms with Crippen LogP contribution in [0.25, 0.3) is 0 Å². The number of rotatable bonds is 7. The number of ether oxygens (including phenoxy) is 1. The van der Waals surface area contributed by atoms with E-state index >= 15 is 0 Å². The van der Waals surface area contributed by atoms with Crippen LogP contribution < -0.4 is 0 Å². The lowest BCUT2D eigenvalue weighted by Crippen LogP contribution is -2.00. The summed E-state index contributed by atoms with van der Waals surface area (Å²) in [5, 5.41) is 4.12. The van der Waals surface area contributed by atoms with E-state index in [-0.39, 0.29) is 5.78 Å². The molecule has 0 saturated carbocycles. The Bertz CT molecular complexity index is 307. The molecule has 0 aliphatic heterocycles.